The maximum absolute atomic E-state index is 12.3. The van der Waals surface area contributed by atoms with Crippen LogP contribution < -0.4 is 10.6 Å². The highest BCUT2D eigenvalue weighted by molar-refractivity contribution is 5.98. The van der Waals surface area contributed by atoms with Crippen LogP contribution in [-0.4, -0.2) is 27.0 Å². The van der Waals surface area contributed by atoms with Crippen molar-refractivity contribution in [3.63, 3.8) is 0 Å². The lowest BCUT2D eigenvalue weighted by atomic mass is 10.0. The standard InChI is InChI=1S/C17H21N5O2/c1-5-14(23)19-13-8-6-12(7-9-13)10-15(24)20-17(3,4)16-18-11(2)21-22-16/h5-9H,1,10H2,2-4H3,(H,19,23)(H,20,24)(H,18,21,22). The summed E-state index contributed by atoms with van der Waals surface area (Å²) in [6.07, 6.45) is 1.43. The molecule has 1 aromatic carbocycles. The van der Waals surface area contributed by atoms with Gasteiger partial charge in [-0.05, 0) is 44.5 Å². The Bertz CT molecular complexity index is 747. The number of carbonyl (C=O) groups is 2. The highest BCUT2D eigenvalue weighted by Crippen LogP contribution is 2.16. The maximum atomic E-state index is 12.3. The number of benzene rings is 1. The van der Waals surface area contributed by atoms with E-state index in [1.165, 1.54) is 6.08 Å². The zero-order chi connectivity index (χ0) is 17.7. The molecule has 0 bridgehead atoms. The van der Waals surface area contributed by atoms with Crippen molar-refractivity contribution < 1.29 is 9.59 Å². The molecule has 2 amide bonds. The molecule has 0 aliphatic heterocycles. The second-order valence-corrected chi connectivity index (χ2v) is 5.98. The van der Waals surface area contributed by atoms with Crippen molar-refractivity contribution in [3.8, 4) is 0 Å². The highest BCUT2D eigenvalue weighted by Gasteiger charge is 2.27. The largest absolute Gasteiger partial charge is 0.344 e. The van der Waals surface area contributed by atoms with E-state index in [2.05, 4.69) is 32.4 Å². The van der Waals surface area contributed by atoms with E-state index in [-0.39, 0.29) is 18.2 Å². The minimum Gasteiger partial charge on any atom is -0.344 e. The van der Waals surface area contributed by atoms with Crippen molar-refractivity contribution in [1.29, 1.82) is 0 Å². The summed E-state index contributed by atoms with van der Waals surface area (Å²) < 4.78 is 0. The molecule has 0 atom stereocenters. The van der Waals surface area contributed by atoms with Crippen LogP contribution in [0.1, 0.15) is 31.1 Å². The van der Waals surface area contributed by atoms with Crippen molar-refractivity contribution in [3.05, 3.63) is 54.1 Å². The monoisotopic (exact) mass is 327 g/mol. The Labute approximate surface area is 140 Å². The van der Waals surface area contributed by atoms with Gasteiger partial charge in [-0.25, -0.2) is 4.98 Å². The van der Waals surface area contributed by atoms with E-state index >= 15 is 0 Å². The van der Waals surface area contributed by atoms with Crippen molar-refractivity contribution >= 4 is 17.5 Å². The molecule has 1 heterocycles. The number of anilines is 1. The molecule has 2 rings (SSSR count). The van der Waals surface area contributed by atoms with Gasteiger partial charge in [0.1, 0.15) is 5.82 Å². The molecule has 0 fully saturated rings. The molecular weight excluding hydrogens is 306 g/mol. The van der Waals surface area contributed by atoms with E-state index in [0.717, 1.165) is 5.56 Å². The first-order valence-electron chi connectivity index (χ1n) is 7.53. The number of carbonyl (C=O) groups excluding carboxylic acids is 2. The number of hydrogen-bond acceptors (Lipinski definition) is 4. The Morgan fingerprint density at radius 2 is 1.96 bits per heavy atom. The lowest BCUT2D eigenvalue weighted by molar-refractivity contribution is -0.122. The molecule has 0 aliphatic rings. The van der Waals surface area contributed by atoms with E-state index in [1.54, 1.807) is 31.2 Å². The molecule has 24 heavy (non-hydrogen) atoms. The number of nitrogens with zero attached hydrogens (tertiary/aromatic N) is 2. The van der Waals surface area contributed by atoms with Gasteiger partial charge in [-0.3, -0.25) is 14.7 Å². The summed E-state index contributed by atoms with van der Waals surface area (Å²) in [4.78, 5) is 27.7. The van der Waals surface area contributed by atoms with E-state index in [4.69, 9.17) is 0 Å². The van der Waals surface area contributed by atoms with Gasteiger partial charge in [0.15, 0.2) is 5.82 Å². The first-order chi connectivity index (χ1) is 11.3. The van der Waals surface area contributed by atoms with Crippen LogP contribution in [-0.2, 0) is 21.5 Å². The average molecular weight is 327 g/mol. The first kappa shape index (κ1) is 17.4. The Kier molecular flexibility index (Phi) is 5.13. The SMILES string of the molecule is C=CC(=O)Nc1ccc(CC(=O)NC(C)(C)c2n[nH]c(C)n2)cc1. The van der Waals surface area contributed by atoms with Crippen molar-refractivity contribution in [2.45, 2.75) is 32.7 Å². The van der Waals surface area contributed by atoms with Crippen molar-refractivity contribution in [1.82, 2.24) is 20.5 Å². The van der Waals surface area contributed by atoms with Gasteiger partial charge in [0.2, 0.25) is 11.8 Å². The number of amides is 2. The van der Waals surface area contributed by atoms with Crippen LogP contribution in [0.15, 0.2) is 36.9 Å². The van der Waals surface area contributed by atoms with Gasteiger partial charge in [-0.1, -0.05) is 18.7 Å². The molecule has 1 aromatic heterocycles. The fourth-order valence-corrected chi connectivity index (χ4v) is 2.16. The molecule has 0 aliphatic carbocycles. The minimum atomic E-state index is -0.667. The average Bonchev–Trinajstić information content (AvgIpc) is 2.96. The van der Waals surface area contributed by atoms with E-state index in [9.17, 15) is 9.59 Å². The lowest BCUT2D eigenvalue weighted by Gasteiger charge is -2.22. The van der Waals surface area contributed by atoms with Gasteiger partial charge >= 0.3 is 0 Å². The van der Waals surface area contributed by atoms with Crippen LogP contribution in [0, 0.1) is 6.92 Å². The fourth-order valence-electron chi connectivity index (χ4n) is 2.16. The predicted molar refractivity (Wildman–Crippen MR) is 91.3 cm³/mol. The number of aromatic amines is 1. The van der Waals surface area contributed by atoms with Crippen molar-refractivity contribution in [2.75, 3.05) is 5.32 Å². The second-order valence-electron chi connectivity index (χ2n) is 5.98. The van der Waals surface area contributed by atoms with Gasteiger partial charge in [-0.2, -0.15) is 5.10 Å². The third-order valence-electron chi connectivity index (χ3n) is 3.38. The Morgan fingerprint density at radius 1 is 1.29 bits per heavy atom. The minimum absolute atomic E-state index is 0.134. The zero-order valence-electron chi connectivity index (χ0n) is 14.0. The van der Waals surface area contributed by atoms with Crippen LogP contribution in [0.25, 0.3) is 0 Å². The fraction of sp³-hybridized carbons (Fsp3) is 0.294. The molecule has 0 saturated carbocycles. The predicted octanol–water partition coefficient (Wildman–Crippen LogP) is 1.83. The van der Waals surface area contributed by atoms with Crippen LogP contribution in [0.3, 0.4) is 0 Å². The topological polar surface area (TPSA) is 99.8 Å². The van der Waals surface area contributed by atoms with Gasteiger partial charge in [0.05, 0.1) is 12.0 Å². The Hall–Kier alpha value is -2.96. The molecule has 3 N–H and O–H groups in total. The molecule has 0 unspecified atom stereocenters. The van der Waals surface area contributed by atoms with Crippen LogP contribution in [0.2, 0.25) is 0 Å². The van der Waals surface area contributed by atoms with E-state index in [0.29, 0.717) is 17.3 Å². The quantitative estimate of drug-likeness (QED) is 0.705. The molecular formula is C17H21N5O2. The van der Waals surface area contributed by atoms with Crippen LogP contribution in [0.4, 0.5) is 5.69 Å². The summed E-state index contributed by atoms with van der Waals surface area (Å²) >= 11 is 0. The summed E-state index contributed by atoms with van der Waals surface area (Å²) in [6.45, 7) is 8.90. The van der Waals surface area contributed by atoms with Crippen LogP contribution >= 0.6 is 0 Å². The summed E-state index contributed by atoms with van der Waals surface area (Å²) in [7, 11) is 0. The summed E-state index contributed by atoms with van der Waals surface area (Å²) in [5.41, 5.74) is 0.825. The maximum Gasteiger partial charge on any atom is 0.247 e. The highest BCUT2D eigenvalue weighted by atomic mass is 16.2. The number of nitrogens with one attached hydrogen (secondary N) is 3. The summed E-state index contributed by atoms with van der Waals surface area (Å²) in [5, 5.41) is 12.4. The van der Waals surface area contributed by atoms with Gasteiger partial charge < -0.3 is 10.6 Å². The number of rotatable bonds is 6. The lowest BCUT2D eigenvalue weighted by Crippen LogP contribution is -2.42. The Morgan fingerprint density at radius 3 is 2.50 bits per heavy atom. The summed E-state index contributed by atoms with van der Waals surface area (Å²) in [5.74, 6) is 0.828. The smallest absolute Gasteiger partial charge is 0.247 e. The zero-order valence-corrected chi connectivity index (χ0v) is 14.0. The molecule has 0 saturated heterocycles. The molecule has 0 spiro atoms. The molecule has 126 valence electrons. The third-order valence-corrected chi connectivity index (χ3v) is 3.38. The van der Waals surface area contributed by atoms with E-state index in [1.807, 2.05) is 13.8 Å². The molecule has 0 radical (unpaired) electrons. The van der Waals surface area contributed by atoms with Gasteiger partial charge in [0.25, 0.3) is 0 Å². The summed E-state index contributed by atoms with van der Waals surface area (Å²) in [6, 6.07) is 7.08. The molecule has 2 aromatic rings. The van der Waals surface area contributed by atoms with Gasteiger partial charge in [-0.15, -0.1) is 0 Å². The van der Waals surface area contributed by atoms with Crippen LogP contribution in [0.5, 0.6) is 0 Å². The molecule has 7 nitrogen and oxygen atoms in total. The second kappa shape index (κ2) is 7.08. The number of aryl methyl sites for hydroxylation is 1. The number of hydrogen-bond donors (Lipinski definition) is 3. The normalized spacial score (nSPS) is 11.0. The Balaban J connectivity index is 1.96. The molecule has 7 heteroatoms. The third kappa shape index (κ3) is 4.52. The van der Waals surface area contributed by atoms with E-state index < -0.39 is 5.54 Å². The number of aromatic nitrogens is 3. The van der Waals surface area contributed by atoms with Crippen molar-refractivity contribution in [2.24, 2.45) is 0 Å². The number of H-pyrrole nitrogens is 1. The first-order valence-corrected chi connectivity index (χ1v) is 7.53. The van der Waals surface area contributed by atoms with Gasteiger partial charge in [0, 0.05) is 5.69 Å².